The Morgan fingerprint density at radius 3 is 2.46 bits per heavy atom. The molecule has 136 valence electrons. The number of fused-ring (bicyclic) bond motifs is 1. The van der Waals surface area contributed by atoms with Crippen LogP contribution in [-0.4, -0.2) is 11.7 Å². The minimum atomic E-state index is -0.805. The van der Waals surface area contributed by atoms with Gasteiger partial charge in [0.1, 0.15) is 11.6 Å². The molecule has 0 aliphatic rings. The van der Waals surface area contributed by atoms with Gasteiger partial charge >= 0.3 is 0 Å². The Labute approximate surface area is 154 Å². The number of hydrogen-bond donors (Lipinski definition) is 0. The molecule has 3 rings (SSSR count). The van der Waals surface area contributed by atoms with Crippen LogP contribution in [0.3, 0.4) is 0 Å². The summed E-state index contributed by atoms with van der Waals surface area (Å²) in [5.41, 5.74) is 0.495. The molecular formula is C20H18ClF2NO2. The topological polar surface area (TPSA) is 31.2 Å². The van der Waals surface area contributed by atoms with E-state index in [-0.39, 0.29) is 27.1 Å². The molecule has 0 saturated carbocycles. The Hall–Kier alpha value is -2.40. The minimum Gasteiger partial charge on any atom is -0.495 e. The zero-order chi connectivity index (χ0) is 19.0. The third-order valence-corrected chi connectivity index (χ3v) is 4.79. The Bertz CT molecular complexity index is 1060. The number of rotatable bonds is 4. The van der Waals surface area contributed by atoms with Crippen molar-refractivity contribution in [3.63, 3.8) is 0 Å². The molecule has 0 radical (unpaired) electrons. The summed E-state index contributed by atoms with van der Waals surface area (Å²) in [5, 5.41) is 0.279. The lowest BCUT2D eigenvalue weighted by Crippen LogP contribution is -2.15. The van der Waals surface area contributed by atoms with Crippen LogP contribution in [0.4, 0.5) is 8.78 Å². The first-order chi connectivity index (χ1) is 12.4. The van der Waals surface area contributed by atoms with E-state index in [1.165, 1.54) is 25.3 Å². The van der Waals surface area contributed by atoms with E-state index < -0.39 is 17.1 Å². The van der Waals surface area contributed by atoms with Crippen molar-refractivity contribution in [2.24, 2.45) is 0 Å². The van der Waals surface area contributed by atoms with Crippen LogP contribution < -0.4 is 10.2 Å². The average Bonchev–Trinajstić information content (AvgIpc) is 2.62. The van der Waals surface area contributed by atoms with Gasteiger partial charge in [-0.05, 0) is 37.1 Å². The van der Waals surface area contributed by atoms with Crippen molar-refractivity contribution < 1.29 is 13.5 Å². The van der Waals surface area contributed by atoms with Crippen molar-refractivity contribution in [3.8, 4) is 16.9 Å². The summed E-state index contributed by atoms with van der Waals surface area (Å²) in [7, 11) is 1.46. The van der Waals surface area contributed by atoms with Gasteiger partial charge in [-0.2, -0.15) is 0 Å². The number of ether oxygens (including phenoxy) is 1. The van der Waals surface area contributed by atoms with Gasteiger partial charge in [-0.15, -0.1) is 0 Å². The molecule has 0 bridgehead atoms. The summed E-state index contributed by atoms with van der Waals surface area (Å²) in [5.74, 6) is -1.16. The molecule has 0 aliphatic carbocycles. The van der Waals surface area contributed by atoms with Gasteiger partial charge in [0.2, 0.25) is 0 Å². The monoisotopic (exact) mass is 377 g/mol. The zero-order valence-corrected chi connectivity index (χ0v) is 15.5. The largest absolute Gasteiger partial charge is 0.495 e. The average molecular weight is 378 g/mol. The van der Waals surface area contributed by atoms with Crippen LogP contribution in [0, 0.1) is 11.6 Å². The van der Waals surface area contributed by atoms with Crippen molar-refractivity contribution in [2.45, 2.75) is 26.8 Å². The van der Waals surface area contributed by atoms with Crippen LogP contribution in [0.5, 0.6) is 5.75 Å². The SMILES string of the molecule is CCc1cc(=O)c2cc(F)c(-c3ccc(OC)c(Cl)c3)c(F)c2n1CC. The minimum absolute atomic E-state index is 0.0300. The van der Waals surface area contributed by atoms with Gasteiger partial charge in [0.25, 0.3) is 0 Å². The van der Waals surface area contributed by atoms with Gasteiger partial charge in [0.05, 0.1) is 28.6 Å². The summed E-state index contributed by atoms with van der Waals surface area (Å²) in [4.78, 5) is 12.3. The zero-order valence-electron chi connectivity index (χ0n) is 14.7. The Kier molecular flexibility index (Phi) is 5.01. The fourth-order valence-corrected chi connectivity index (χ4v) is 3.51. The molecule has 26 heavy (non-hydrogen) atoms. The highest BCUT2D eigenvalue weighted by Gasteiger charge is 2.21. The first kappa shape index (κ1) is 18.4. The number of methoxy groups -OCH3 is 1. The van der Waals surface area contributed by atoms with Gasteiger partial charge in [0, 0.05) is 18.3 Å². The van der Waals surface area contributed by atoms with Gasteiger partial charge in [-0.1, -0.05) is 24.6 Å². The lowest BCUT2D eigenvalue weighted by molar-refractivity contribution is 0.415. The normalized spacial score (nSPS) is 11.2. The molecule has 3 nitrogen and oxygen atoms in total. The van der Waals surface area contributed by atoms with Gasteiger partial charge < -0.3 is 9.30 Å². The number of nitrogens with zero attached hydrogens (tertiary/aromatic N) is 1. The Morgan fingerprint density at radius 1 is 1.15 bits per heavy atom. The molecule has 6 heteroatoms. The number of aryl methyl sites for hydroxylation is 2. The molecular weight excluding hydrogens is 360 g/mol. The van der Waals surface area contributed by atoms with Crippen LogP contribution in [-0.2, 0) is 13.0 Å². The Morgan fingerprint density at radius 2 is 1.88 bits per heavy atom. The fraction of sp³-hybridized carbons (Fsp3) is 0.250. The first-order valence-electron chi connectivity index (χ1n) is 8.31. The molecule has 3 aromatic rings. The number of pyridine rings is 1. The van der Waals surface area contributed by atoms with Gasteiger partial charge in [0.15, 0.2) is 11.2 Å². The smallest absolute Gasteiger partial charge is 0.189 e. The van der Waals surface area contributed by atoms with Crippen LogP contribution in [0.15, 0.2) is 35.1 Å². The fourth-order valence-electron chi connectivity index (χ4n) is 3.25. The predicted octanol–water partition coefficient (Wildman–Crippen LogP) is 5.19. The standard InChI is InChI=1S/C20H18ClF2NO2/c1-4-12-9-16(25)13-10-15(22)18(19(23)20(13)24(12)5-2)11-6-7-17(26-3)14(21)8-11/h6-10H,4-5H2,1-3H3. The number of benzene rings is 2. The lowest BCUT2D eigenvalue weighted by Gasteiger charge is -2.17. The maximum Gasteiger partial charge on any atom is 0.189 e. The van der Waals surface area contributed by atoms with E-state index in [1.54, 1.807) is 10.6 Å². The summed E-state index contributed by atoms with van der Waals surface area (Å²) >= 11 is 6.11. The second-order valence-electron chi connectivity index (χ2n) is 5.89. The van der Waals surface area contributed by atoms with E-state index in [2.05, 4.69) is 0 Å². The number of hydrogen-bond acceptors (Lipinski definition) is 2. The molecule has 0 aliphatic heterocycles. The molecule has 0 amide bonds. The van der Waals surface area contributed by atoms with Crippen LogP contribution in [0.1, 0.15) is 19.5 Å². The van der Waals surface area contributed by atoms with E-state index in [1.807, 2.05) is 13.8 Å². The van der Waals surface area contributed by atoms with Crippen molar-refractivity contribution in [1.29, 1.82) is 0 Å². The van der Waals surface area contributed by atoms with Crippen LogP contribution >= 0.6 is 11.6 Å². The predicted molar refractivity (Wildman–Crippen MR) is 100 cm³/mol. The van der Waals surface area contributed by atoms with Crippen molar-refractivity contribution >= 4 is 22.5 Å². The van der Waals surface area contributed by atoms with E-state index in [4.69, 9.17) is 16.3 Å². The summed E-state index contributed by atoms with van der Waals surface area (Å²) < 4.78 is 36.9. The quantitative estimate of drug-likeness (QED) is 0.626. The second-order valence-corrected chi connectivity index (χ2v) is 6.30. The third kappa shape index (κ3) is 2.86. The molecule has 1 aromatic heterocycles. The Balaban J connectivity index is 2.41. The highest BCUT2D eigenvalue weighted by molar-refractivity contribution is 6.32. The van der Waals surface area contributed by atoms with Gasteiger partial charge in [-0.25, -0.2) is 8.78 Å². The molecule has 1 heterocycles. The molecule has 2 aromatic carbocycles. The second kappa shape index (κ2) is 7.08. The molecule has 0 spiro atoms. The molecule has 0 fully saturated rings. The summed E-state index contributed by atoms with van der Waals surface area (Å²) in [6.45, 7) is 4.21. The molecule has 0 atom stereocenters. The number of halogens is 3. The summed E-state index contributed by atoms with van der Waals surface area (Å²) in [6, 6.07) is 7.08. The molecule has 0 saturated heterocycles. The van der Waals surface area contributed by atoms with Crippen LogP contribution in [0.2, 0.25) is 5.02 Å². The summed E-state index contributed by atoms with van der Waals surface area (Å²) in [6.07, 6.45) is 0.569. The van der Waals surface area contributed by atoms with Crippen LogP contribution in [0.25, 0.3) is 22.0 Å². The maximum absolute atomic E-state index is 15.4. The van der Waals surface area contributed by atoms with E-state index in [0.29, 0.717) is 24.4 Å². The highest BCUT2D eigenvalue weighted by Crippen LogP contribution is 2.35. The highest BCUT2D eigenvalue weighted by atomic mass is 35.5. The van der Waals surface area contributed by atoms with E-state index in [0.717, 1.165) is 6.07 Å². The third-order valence-electron chi connectivity index (χ3n) is 4.49. The number of aromatic nitrogens is 1. The maximum atomic E-state index is 15.4. The first-order valence-corrected chi connectivity index (χ1v) is 8.69. The van der Waals surface area contributed by atoms with Crippen molar-refractivity contribution in [3.05, 3.63) is 62.9 Å². The molecule has 0 unspecified atom stereocenters. The lowest BCUT2D eigenvalue weighted by atomic mass is 10.0. The van der Waals surface area contributed by atoms with Crippen molar-refractivity contribution in [2.75, 3.05) is 7.11 Å². The van der Waals surface area contributed by atoms with E-state index in [9.17, 15) is 9.18 Å². The van der Waals surface area contributed by atoms with Gasteiger partial charge in [-0.3, -0.25) is 4.79 Å². The molecule has 0 N–H and O–H groups in total. The van der Waals surface area contributed by atoms with Crippen molar-refractivity contribution in [1.82, 2.24) is 4.57 Å². The van der Waals surface area contributed by atoms with E-state index >= 15 is 4.39 Å².